The fraction of sp³-hybridized carbons (Fsp3) is 0.353. The van der Waals surface area contributed by atoms with Crippen LogP contribution in [0.1, 0.15) is 32.2 Å². The lowest BCUT2D eigenvalue weighted by Gasteiger charge is -2.18. The van der Waals surface area contributed by atoms with E-state index in [-0.39, 0.29) is 5.41 Å². The maximum Gasteiger partial charge on any atom is 0.194 e. The largest absolute Gasteiger partial charge is 0.497 e. The number of benzene rings is 1. The SMILES string of the molecule is COc1cccc(-c2nc3scc(C(C)(C)C)n3c2CN)c1. The minimum atomic E-state index is 0.0501. The summed E-state index contributed by atoms with van der Waals surface area (Å²) in [5, 5.41) is 2.18. The van der Waals surface area contributed by atoms with Crippen LogP contribution in [0.25, 0.3) is 16.2 Å². The molecule has 3 aromatic rings. The second-order valence-corrected chi connectivity index (χ2v) is 7.17. The third kappa shape index (κ3) is 2.40. The molecule has 4 nitrogen and oxygen atoms in total. The van der Waals surface area contributed by atoms with E-state index >= 15 is 0 Å². The number of fused-ring (bicyclic) bond motifs is 1. The second kappa shape index (κ2) is 5.41. The van der Waals surface area contributed by atoms with Crippen molar-refractivity contribution in [3.63, 3.8) is 0 Å². The quantitative estimate of drug-likeness (QED) is 0.799. The zero-order valence-electron chi connectivity index (χ0n) is 13.4. The van der Waals surface area contributed by atoms with Crippen LogP contribution in [0.2, 0.25) is 0 Å². The molecular weight excluding hydrogens is 294 g/mol. The molecule has 0 fully saturated rings. The number of nitrogens with two attached hydrogens (primary N) is 1. The summed E-state index contributed by atoms with van der Waals surface area (Å²) in [6.45, 7) is 7.08. The van der Waals surface area contributed by atoms with Crippen molar-refractivity contribution in [2.75, 3.05) is 7.11 Å². The summed E-state index contributed by atoms with van der Waals surface area (Å²) >= 11 is 1.66. The highest BCUT2D eigenvalue weighted by Crippen LogP contribution is 2.34. The normalized spacial score (nSPS) is 12.0. The number of hydrogen-bond donors (Lipinski definition) is 1. The molecule has 2 aromatic heterocycles. The van der Waals surface area contributed by atoms with Gasteiger partial charge in [-0.2, -0.15) is 0 Å². The van der Waals surface area contributed by atoms with Crippen molar-refractivity contribution in [1.29, 1.82) is 0 Å². The van der Waals surface area contributed by atoms with Gasteiger partial charge in [-0.1, -0.05) is 32.9 Å². The molecule has 1 aromatic carbocycles. The van der Waals surface area contributed by atoms with E-state index in [0.29, 0.717) is 6.54 Å². The van der Waals surface area contributed by atoms with Crippen LogP contribution in [-0.2, 0) is 12.0 Å². The number of rotatable bonds is 3. The molecule has 0 atom stereocenters. The highest BCUT2D eigenvalue weighted by atomic mass is 32.1. The summed E-state index contributed by atoms with van der Waals surface area (Å²) in [5.41, 5.74) is 10.4. The Balaban J connectivity index is 2.25. The van der Waals surface area contributed by atoms with E-state index in [1.807, 2.05) is 24.3 Å². The Bertz CT molecular complexity index is 811. The van der Waals surface area contributed by atoms with Gasteiger partial charge in [-0.25, -0.2) is 4.98 Å². The average molecular weight is 315 g/mol. The van der Waals surface area contributed by atoms with Gasteiger partial charge in [-0.15, -0.1) is 11.3 Å². The van der Waals surface area contributed by atoms with Crippen LogP contribution in [-0.4, -0.2) is 16.5 Å². The number of imidazole rings is 1. The smallest absolute Gasteiger partial charge is 0.194 e. The summed E-state index contributed by atoms with van der Waals surface area (Å²) in [4.78, 5) is 5.80. The monoisotopic (exact) mass is 315 g/mol. The third-order valence-corrected chi connectivity index (χ3v) is 4.59. The first-order valence-electron chi connectivity index (χ1n) is 7.29. The van der Waals surface area contributed by atoms with Gasteiger partial charge in [0.05, 0.1) is 18.5 Å². The molecule has 0 saturated carbocycles. The molecule has 0 amide bonds. The fourth-order valence-electron chi connectivity index (χ4n) is 2.62. The van der Waals surface area contributed by atoms with Crippen molar-refractivity contribution in [3.05, 3.63) is 41.0 Å². The molecule has 0 aliphatic carbocycles. The van der Waals surface area contributed by atoms with Gasteiger partial charge in [0.1, 0.15) is 5.75 Å². The van der Waals surface area contributed by atoms with Crippen molar-refractivity contribution in [3.8, 4) is 17.0 Å². The number of methoxy groups -OCH3 is 1. The van der Waals surface area contributed by atoms with Gasteiger partial charge in [0.25, 0.3) is 0 Å². The van der Waals surface area contributed by atoms with Crippen molar-refractivity contribution < 1.29 is 4.74 Å². The first kappa shape index (κ1) is 15.1. The van der Waals surface area contributed by atoms with Gasteiger partial charge in [0.2, 0.25) is 0 Å². The summed E-state index contributed by atoms with van der Waals surface area (Å²) in [6, 6.07) is 7.96. The van der Waals surface area contributed by atoms with Crippen LogP contribution in [0.4, 0.5) is 0 Å². The number of aromatic nitrogens is 2. The molecule has 0 aliphatic heterocycles. The lowest BCUT2D eigenvalue weighted by Crippen LogP contribution is -2.16. The first-order chi connectivity index (χ1) is 10.5. The van der Waals surface area contributed by atoms with Crippen LogP contribution in [0.15, 0.2) is 29.6 Å². The Morgan fingerprint density at radius 3 is 2.73 bits per heavy atom. The third-order valence-electron chi connectivity index (χ3n) is 3.76. The van der Waals surface area contributed by atoms with E-state index in [2.05, 4.69) is 30.6 Å². The van der Waals surface area contributed by atoms with Crippen LogP contribution in [0.5, 0.6) is 5.75 Å². The molecule has 0 spiro atoms. The zero-order valence-corrected chi connectivity index (χ0v) is 14.2. The van der Waals surface area contributed by atoms with Gasteiger partial charge in [-0.3, -0.25) is 4.40 Å². The Hall–Kier alpha value is -1.85. The van der Waals surface area contributed by atoms with Crippen molar-refractivity contribution in [2.24, 2.45) is 5.73 Å². The maximum absolute atomic E-state index is 6.05. The summed E-state index contributed by atoms with van der Waals surface area (Å²) < 4.78 is 7.53. The zero-order chi connectivity index (χ0) is 15.9. The molecule has 5 heteroatoms. The molecule has 0 saturated heterocycles. The number of thiazole rings is 1. The van der Waals surface area contributed by atoms with E-state index in [1.54, 1.807) is 18.4 Å². The first-order valence-corrected chi connectivity index (χ1v) is 8.17. The minimum Gasteiger partial charge on any atom is -0.497 e. The topological polar surface area (TPSA) is 52.5 Å². The lowest BCUT2D eigenvalue weighted by atomic mass is 9.93. The Labute approximate surface area is 134 Å². The van der Waals surface area contributed by atoms with Crippen molar-refractivity contribution in [2.45, 2.75) is 32.7 Å². The van der Waals surface area contributed by atoms with Crippen molar-refractivity contribution >= 4 is 16.3 Å². The van der Waals surface area contributed by atoms with E-state index in [0.717, 1.165) is 27.7 Å². The Morgan fingerprint density at radius 2 is 2.09 bits per heavy atom. The van der Waals surface area contributed by atoms with Crippen molar-refractivity contribution in [1.82, 2.24) is 9.38 Å². The molecule has 2 N–H and O–H groups in total. The lowest BCUT2D eigenvalue weighted by molar-refractivity contribution is 0.415. The molecule has 22 heavy (non-hydrogen) atoms. The standard InChI is InChI=1S/C17H21N3OS/c1-17(2,3)14-10-22-16-19-15(13(9-18)20(14)16)11-6-5-7-12(8-11)21-4/h5-8,10H,9,18H2,1-4H3. The Kier molecular flexibility index (Phi) is 3.70. The Morgan fingerprint density at radius 1 is 1.32 bits per heavy atom. The highest BCUT2D eigenvalue weighted by molar-refractivity contribution is 7.15. The van der Waals surface area contributed by atoms with Gasteiger partial charge >= 0.3 is 0 Å². The van der Waals surface area contributed by atoms with Crippen LogP contribution in [0, 0.1) is 0 Å². The molecule has 3 rings (SSSR count). The van der Waals surface area contributed by atoms with Gasteiger partial charge in [0.15, 0.2) is 4.96 Å². The predicted molar refractivity (Wildman–Crippen MR) is 91.6 cm³/mol. The van der Waals surface area contributed by atoms with Crippen LogP contribution in [0.3, 0.4) is 0 Å². The van der Waals surface area contributed by atoms with E-state index in [9.17, 15) is 0 Å². The van der Waals surface area contributed by atoms with Gasteiger partial charge in [0, 0.05) is 28.6 Å². The number of nitrogens with zero attached hydrogens (tertiary/aromatic N) is 2. The predicted octanol–water partition coefficient (Wildman–Crippen LogP) is 3.83. The minimum absolute atomic E-state index is 0.0501. The molecule has 0 aliphatic rings. The highest BCUT2D eigenvalue weighted by Gasteiger charge is 2.23. The average Bonchev–Trinajstić information content (AvgIpc) is 3.04. The summed E-state index contributed by atoms with van der Waals surface area (Å²) in [6.07, 6.45) is 0. The number of hydrogen-bond acceptors (Lipinski definition) is 4. The van der Waals surface area contributed by atoms with Gasteiger partial charge in [-0.05, 0) is 12.1 Å². The van der Waals surface area contributed by atoms with E-state index < -0.39 is 0 Å². The molecule has 116 valence electrons. The molecule has 0 unspecified atom stereocenters. The summed E-state index contributed by atoms with van der Waals surface area (Å²) in [5.74, 6) is 0.827. The fourth-order valence-corrected chi connectivity index (χ4v) is 3.76. The number of ether oxygens (including phenoxy) is 1. The van der Waals surface area contributed by atoms with Crippen LogP contribution < -0.4 is 10.5 Å². The van der Waals surface area contributed by atoms with Gasteiger partial charge < -0.3 is 10.5 Å². The molecule has 2 heterocycles. The maximum atomic E-state index is 6.05. The second-order valence-electron chi connectivity index (χ2n) is 6.33. The molecular formula is C17H21N3OS. The summed E-state index contributed by atoms with van der Waals surface area (Å²) in [7, 11) is 1.67. The molecule has 0 bridgehead atoms. The molecule has 0 radical (unpaired) electrons. The van der Waals surface area contributed by atoms with E-state index in [4.69, 9.17) is 15.5 Å². The van der Waals surface area contributed by atoms with E-state index in [1.165, 1.54) is 5.69 Å². The van der Waals surface area contributed by atoms with Crippen LogP contribution >= 0.6 is 11.3 Å².